The zero-order valence-corrected chi connectivity index (χ0v) is 18.1. The number of pyridine rings is 1. The number of likely N-dealkylation sites (N-methyl/N-ethyl adjacent to an activating group) is 1. The van der Waals surface area contributed by atoms with Gasteiger partial charge in [0.2, 0.25) is 11.8 Å². The fourth-order valence-electron chi connectivity index (χ4n) is 3.57. The molecule has 3 aromatic rings. The van der Waals surface area contributed by atoms with E-state index in [4.69, 9.17) is 21.8 Å². The Morgan fingerprint density at radius 3 is 3.03 bits per heavy atom. The third kappa shape index (κ3) is 4.33. The number of para-hydroxylation sites is 1. The van der Waals surface area contributed by atoms with Crippen LogP contribution in [0.5, 0.6) is 0 Å². The molecule has 0 saturated carbocycles. The van der Waals surface area contributed by atoms with Crippen LogP contribution in [0.25, 0.3) is 17.0 Å². The van der Waals surface area contributed by atoms with Crippen LogP contribution in [0, 0.1) is 6.92 Å². The molecule has 1 aliphatic heterocycles. The Hall–Kier alpha value is -3.16. The van der Waals surface area contributed by atoms with Gasteiger partial charge in [0, 0.05) is 30.3 Å². The van der Waals surface area contributed by atoms with Crippen LogP contribution in [0.2, 0.25) is 5.02 Å². The van der Waals surface area contributed by atoms with Crippen molar-refractivity contribution in [1.82, 2.24) is 9.88 Å². The molecule has 8 heteroatoms. The first kappa shape index (κ1) is 21.1. The lowest BCUT2D eigenvalue weighted by molar-refractivity contribution is -0.125. The summed E-state index contributed by atoms with van der Waals surface area (Å²) >= 11 is 6.21. The van der Waals surface area contributed by atoms with E-state index in [0.29, 0.717) is 41.6 Å². The van der Waals surface area contributed by atoms with Crippen molar-refractivity contribution in [3.8, 4) is 0 Å². The fraction of sp³-hybridized carbons (Fsp3) is 0.261. The highest BCUT2D eigenvalue weighted by Crippen LogP contribution is 2.31. The number of anilines is 1. The Balaban J connectivity index is 1.47. The normalized spacial score (nSPS) is 16.3. The minimum absolute atomic E-state index is 0.170. The summed E-state index contributed by atoms with van der Waals surface area (Å²) in [7, 11) is 1.72. The zero-order valence-electron chi connectivity index (χ0n) is 17.3. The maximum Gasteiger partial charge on any atom is 0.246 e. The molecule has 0 aliphatic carbocycles. The van der Waals surface area contributed by atoms with E-state index in [1.807, 2.05) is 25.1 Å². The number of benzene rings is 1. The average Bonchev–Trinajstić information content (AvgIpc) is 2.99. The summed E-state index contributed by atoms with van der Waals surface area (Å²) < 4.78 is 5.90. The van der Waals surface area contributed by atoms with Gasteiger partial charge in [-0.1, -0.05) is 23.7 Å². The van der Waals surface area contributed by atoms with Gasteiger partial charge in [0.1, 0.15) is 11.6 Å². The molecular formula is C23H23ClN4O3. The van der Waals surface area contributed by atoms with Gasteiger partial charge in [-0.05, 0) is 49.1 Å². The predicted octanol–water partition coefficient (Wildman–Crippen LogP) is 3.67. The summed E-state index contributed by atoms with van der Waals surface area (Å²) in [6.45, 7) is 2.28. The number of carbonyl (C=O) groups excluding carboxylic acids is 2. The third-order valence-electron chi connectivity index (χ3n) is 5.48. The summed E-state index contributed by atoms with van der Waals surface area (Å²) in [5, 5.41) is 4.23. The van der Waals surface area contributed by atoms with E-state index in [0.717, 1.165) is 22.1 Å². The topological polar surface area (TPSA) is 101 Å². The van der Waals surface area contributed by atoms with Crippen LogP contribution in [-0.2, 0) is 22.6 Å². The van der Waals surface area contributed by atoms with Crippen molar-refractivity contribution in [3.63, 3.8) is 0 Å². The first-order valence-electron chi connectivity index (χ1n) is 9.98. The largest absolute Gasteiger partial charge is 0.457 e. The van der Waals surface area contributed by atoms with Crippen LogP contribution in [-0.4, -0.2) is 34.8 Å². The molecule has 3 N–H and O–H groups in total. The van der Waals surface area contributed by atoms with Gasteiger partial charge in [0.25, 0.3) is 0 Å². The van der Waals surface area contributed by atoms with Gasteiger partial charge in [-0.2, -0.15) is 0 Å². The van der Waals surface area contributed by atoms with Crippen molar-refractivity contribution in [2.75, 3.05) is 12.4 Å². The molecule has 0 unspecified atom stereocenters. The summed E-state index contributed by atoms with van der Waals surface area (Å²) in [6, 6.07) is 6.98. The Kier molecular flexibility index (Phi) is 5.80. The summed E-state index contributed by atoms with van der Waals surface area (Å²) in [4.78, 5) is 30.3. The number of rotatable bonds is 4. The van der Waals surface area contributed by atoms with E-state index in [1.54, 1.807) is 30.3 Å². The molecule has 4 rings (SSSR count). The quantitative estimate of drug-likeness (QED) is 0.605. The van der Waals surface area contributed by atoms with Gasteiger partial charge < -0.3 is 20.4 Å². The first-order valence-corrected chi connectivity index (χ1v) is 10.4. The average molecular weight is 439 g/mol. The SMILES string of the molecule is Cc1c(CN(C)C(=O)/C=C/c2cnc3c(c2)CC[C@H](N)C(=O)N3)oc2c(Cl)cccc12. The molecule has 1 atom stereocenters. The highest BCUT2D eigenvalue weighted by Gasteiger charge is 2.21. The minimum atomic E-state index is -0.542. The van der Waals surface area contributed by atoms with Crippen LogP contribution >= 0.6 is 11.6 Å². The number of nitrogens with two attached hydrogens (primary N) is 1. The predicted molar refractivity (Wildman–Crippen MR) is 121 cm³/mol. The van der Waals surface area contributed by atoms with E-state index in [1.165, 1.54) is 6.08 Å². The first-order chi connectivity index (χ1) is 14.8. The maximum absolute atomic E-state index is 12.6. The lowest BCUT2D eigenvalue weighted by atomic mass is 10.1. The molecular weight excluding hydrogens is 416 g/mol. The monoisotopic (exact) mass is 438 g/mol. The number of fused-ring (bicyclic) bond motifs is 2. The second-order valence-electron chi connectivity index (χ2n) is 7.71. The zero-order chi connectivity index (χ0) is 22.1. The third-order valence-corrected chi connectivity index (χ3v) is 5.78. The summed E-state index contributed by atoms with van der Waals surface area (Å²) in [5.41, 5.74) is 9.10. The van der Waals surface area contributed by atoms with Crippen LogP contribution in [0.15, 0.2) is 41.0 Å². The number of hydrogen-bond acceptors (Lipinski definition) is 5. The van der Waals surface area contributed by atoms with Gasteiger partial charge in [-0.15, -0.1) is 0 Å². The van der Waals surface area contributed by atoms with Crippen molar-refractivity contribution in [2.45, 2.75) is 32.4 Å². The summed E-state index contributed by atoms with van der Waals surface area (Å²) in [5.74, 6) is 0.827. The molecule has 3 heterocycles. The van der Waals surface area contributed by atoms with Crippen molar-refractivity contribution in [3.05, 3.63) is 64.0 Å². The molecule has 31 heavy (non-hydrogen) atoms. The van der Waals surface area contributed by atoms with Crippen molar-refractivity contribution >= 4 is 46.3 Å². The number of carbonyl (C=O) groups is 2. The van der Waals surface area contributed by atoms with Gasteiger partial charge in [0.05, 0.1) is 17.6 Å². The van der Waals surface area contributed by atoms with E-state index < -0.39 is 6.04 Å². The van der Waals surface area contributed by atoms with E-state index in [2.05, 4.69) is 10.3 Å². The second kappa shape index (κ2) is 8.53. The molecule has 0 spiro atoms. The molecule has 0 fully saturated rings. The van der Waals surface area contributed by atoms with Crippen LogP contribution in [0.1, 0.15) is 28.9 Å². The van der Waals surface area contributed by atoms with Crippen molar-refractivity contribution in [1.29, 1.82) is 0 Å². The molecule has 0 bridgehead atoms. The van der Waals surface area contributed by atoms with Crippen molar-refractivity contribution in [2.24, 2.45) is 5.73 Å². The fourth-order valence-corrected chi connectivity index (χ4v) is 3.78. The Labute approximate surface area is 184 Å². The number of hydrogen-bond donors (Lipinski definition) is 2. The Morgan fingerprint density at radius 1 is 1.45 bits per heavy atom. The molecule has 160 valence electrons. The number of nitrogens with one attached hydrogen (secondary N) is 1. The lowest BCUT2D eigenvalue weighted by Crippen LogP contribution is -2.34. The highest BCUT2D eigenvalue weighted by atomic mass is 35.5. The van der Waals surface area contributed by atoms with Gasteiger partial charge >= 0.3 is 0 Å². The van der Waals surface area contributed by atoms with Crippen LogP contribution in [0.3, 0.4) is 0 Å². The number of nitrogens with zero attached hydrogens (tertiary/aromatic N) is 2. The van der Waals surface area contributed by atoms with Gasteiger partial charge in [0.15, 0.2) is 5.58 Å². The molecule has 7 nitrogen and oxygen atoms in total. The number of furan rings is 1. The number of aryl methyl sites for hydroxylation is 2. The summed E-state index contributed by atoms with van der Waals surface area (Å²) in [6.07, 6.45) is 6.02. The van der Waals surface area contributed by atoms with E-state index >= 15 is 0 Å². The standard InChI is InChI=1S/C23H23ClN4O3/c1-13-16-4-3-5-17(24)21(16)31-19(13)12-28(2)20(29)9-6-14-10-15-7-8-18(25)23(30)27-22(15)26-11-14/h3-6,9-11,18H,7-8,12,25H2,1-2H3,(H,26,27,30)/b9-6+/t18-/m0/s1. The number of halogens is 1. The number of aromatic nitrogens is 1. The molecule has 2 amide bonds. The molecule has 0 radical (unpaired) electrons. The van der Waals surface area contributed by atoms with Crippen molar-refractivity contribution < 1.29 is 14.0 Å². The lowest BCUT2D eigenvalue weighted by Gasteiger charge is -2.14. The Bertz CT molecular complexity index is 1200. The Morgan fingerprint density at radius 2 is 2.26 bits per heavy atom. The second-order valence-corrected chi connectivity index (χ2v) is 8.11. The maximum atomic E-state index is 12.6. The van der Waals surface area contributed by atoms with Gasteiger partial charge in [-0.25, -0.2) is 4.98 Å². The van der Waals surface area contributed by atoms with E-state index in [-0.39, 0.29) is 11.8 Å². The molecule has 1 aromatic carbocycles. The molecule has 1 aliphatic rings. The molecule has 2 aromatic heterocycles. The van der Waals surface area contributed by atoms with Crippen LogP contribution in [0.4, 0.5) is 5.82 Å². The molecule has 0 saturated heterocycles. The van der Waals surface area contributed by atoms with Crippen LogP contribution < -0.4 is 11.1 Å². The smallest absolute Gasteiger partial charge is 0.246 e. The number of amides is 2. The van der Waals surface area contributed by atoms with Gasteiger partial charge in [-0.3, -0.25) is 9.59 Å². The highest BCUT2D eigenvalue weighted by molar-refractivity contribution is 6.34. The van der Waals surface area contributed by atoms with E-state index in [9.17, 15) is 9.59 Å². The minimum Gasteiger partial charge on any atom is -0.457 e.